The zero-order valence-electron chi connectivity index (χ0n) is 12.9. The maximum Gasteiger partial charge on any atom is 0.203 e. The van der Waals surface area contributed by atoms with Crippen LogP contribution in [0.1, 0.15) is 16.7 Å². The fourth-order valence-corrected chi connectivity index (χ4v) is 2.96. The molecule has 3 rings (SSSR count). The Labute approximate surface area is 139 Å². The molecule has 0 spiro atoms. The first-order valence-corrected chi connectivity index (χ1v) is 8.11. The van der Waals surface area contributed by atoms with Crippen molar-refractivity contribution in [2.24, 2.45) is 5.10 Å². The van der Waals surface area contributed by atoms with Gasteiger partial charge in [-0.05, 0) is 42.7 Å². The summed E-state index contributed by atoms with van der Waals surface area (Å²) in [6, 6.07) is 13.8. The summed E-state index contributed by atoms with van der Waals surface area (Å²) < 4.78 is 0. The molecule has 5 heteroatoms. The van der Waals surface area contributed by atoms with E-state index in [-0.39, 0.29) is 0 Å². The summed E-state index contributed by atoms with van der Waals surface area (Å²) >= 11 is 1.51. The molecule has 0 bridgehead atoms. The van der Waals surface area contributed by atoms with Gasteiger partial charge in [0.1, 0.15) is 5.75 Å². The van der Waals surface area contributed by atoms with Gasteiger partial charge in [0, 0.05) is 10.9 Å². The third-order valence-corrected chi connectivity index (χ3v) is 4.21. The van der Waals surface area contributed by atoms with Gasteiger partial charge in [-0.25, -0.2) is 4.98 Å². The summed E-state index contributed by atoms with van der Waals surface area (Å²) in [5, 5.41) is 16.7. The Hall–Kier alpha value is -2.66. The highest BCUT2D eigenvalue weighted by molar-refractivity contribution is 7.14. The Morgan fingerprint density at radius 1 is 1.13 bits per heavy atom. The second-order valence-electron chi connectivity index (χ2n) is 5.28. The van der Waals surface area contributed by atoms with Gasteiger partial charge in [-0.15, -0.1) is 11.3 Å². The first-order valence-electron chi connectivity index (χ1n) is 7.24. The molecule has 2 aromatic carbocycles. The molecule has 0 atom stereocenters. The second kappa shape index (κ2) is 6.62. The number of nitrogens with zero attached hydrogens (tertiary/aromatic N) is 2. The molecule has 4 nitrogen and oxygen atoms in total. The van der Waals surface area contributed by atoms with Crippen LogP contribution in [0.2, 0.25) is 0 Å². The lowest BCUT2D eigenvalue weighted by molar-refractivity contribution is 0.467. The molecule has 0 unspecified atom stereocenters. The van der Waals surface area contributed by atoms with Crippen LogP contribution in [0.25, 0.3) is 11.3 Å². The normalized spacial score (nSPS) is 11.0. The van der Waals surface area contributed by atoms with Gasteiger partial charge in [-0.2, -0.15) is 5.10 Å². The van der Waals surface area contributed by atoms with Crippen molar-refractivity contribution in [2.75, 3.05) is 5.43 Å². The Morgan fingerprint density at radius 2 is 1.83 bits per heavy atom. The van der Waals surface area contributed by atoms with Crippen molar-refractivity contribution in [3.63, 3.8) is 0 Å². The van der Waals surface area contributed by atoms with Crippen LogP contribution in [-0.4, -0.2) is 16.3 Å². The maximum atomic E-state index is 9.78. The largest absolute Gasteiger partial charge is 0.507 e. The van der Waals surface area contributed by atoms with E-state index in [4.69, 9.17) is 0 Å². The molecule has 1 aromatic heterocycles. The van der Waals surface area contributed by atoms with Crippen LogP contribution in [-0.2, 0) is 0 Å². The number of hydrogen-bond acceptors (Lipinski definition) is 5. The molecule has 0 fully saturated rings. The average Bonchev–Trinajstić information content (AvgIpc) is 3.02. The van der Waals surface area contributed by atoms with Crippen LogP contribution in [0.5, 0.6) is 5.75 Å². The van der Waals surface area contributed by atoms with E-state index >= 15 is 0 Å². The minimum Gasteiger partial charge on any atom is -0.507 e. The SMILES string of the molecule is Cc1cc(C=NNc2nc(-c3ccccc3)cs2)cc(C)c1O. The van der Waals surface area contributed by atoms with Gasteiger partial charge in [0.15, 0.2) is 0 Å². The number of nitrogens with one attached hydrogen (secondary N) is 1. The number of anilines is 1. The Bertz CT molecular complexity index is 817. The highest BCUT2D eigenvalue weighted by Crippen LogP contribution is 2.25. The summed E-state index contributed by atoms with van der Waals surface area (Å²) in [6.07, 6.45) is 1.73. The van der Waals surface area contributed by atoms with Crippen LogP contribution < -0.4 is 5.43 Å². The van der Waals surface area contributed by atoms with E-state index in [1.165, 1.54) is 11.3 Å². The third kappa shape index (κ3) is 3.57. The molecule has 0 radical (unpaired) electrons. The van der Waals surface area contributed by atoms with E-state index in [1.807, 2.05) is 61.7 Å². The fraction of sp³-hybridized carbons (Fsp3) is 0.111. The second-order valence-corrected chi connectivity index (χ2v) is 6.14. The van der Waals surface area contributed by atoms with E-state index in [1.54, 1.807) is 6.21 Å². The van der Waals surface area contributed by atoms with Gasteiger partial charge in [-0.1, -0.05) is 30.3 Å². The Morgan fingerprint density at radius 3 is 2.52 bits per heavy atom. The van der Waals surface area contributed by atoms with Crippen molar-refractivity contribution < 1.29 is 5.11 Å². The van der Waals surface area contributed by atoms with Crippen LogP contribution in [0.15, 0.2) is 52.9 Å². The van der Waals surface area contributed by atoms with E-state index in [9.17, 15) is 5.11 Å². The minimum absolute atomic E-state index is 0.336. The zero-order chi connectivity index (χ0) is 16.2. The summed E-state index contributed by atoms with van der Waals surface area (Å²) in [6.45, 7) is 3.75. The summed E-state index contributed by atoms with van der Waals surface area (Å²) in [5.74, 6) is 0.336. The summed E-state index contributed by atoms with van der Waals surface area (Å²) in [4.78, 5) is 4.51. The van der Waals surface area contributed by atoms with Crippen molar-refractivity contribution in [2.45, 2.75) is 13.8 Å². The van der Waals surface area contributed by atoms with Gasteiger partial charge in [0.05, 0.1) is 11.9 Å². The highest BCUT2D eigenvalue weighted by atomic mass is 32.1. The highest BCUT2D eigenvalue weighted by Gasteiger charge is 2.04. The molecular formula is C18H17N3OS. The number of phenols is 1. The number of benzene rings is 2. The molecule has 1 heterocycles. The van der Waals surface area contributed by atoms with Gasteiger partial charge in [-0.3, -0.25) is 5.43 Å². The number of hydrazone groups is 1. The summed E-state index contributed by atoms with van der Waals surface area (Å²) in [5.41, 5.74) is 7.59. The van der Waals surface area contributed by atoms with E-state index < -0.39 is 0 Å². The number of aromatic nitrogens is 1. The first kappa shape index (κ1) is 15.2. The standard InChI is InChI=1S/C18H17N3OS/c1-12-8-14(9-13(2)17(12)22)10-19-21-18-20-16(11-23-18)15-6-4-3-5-7-15/h3-11,22H,1-2H3,(H,20,21). The molecule has 3 aromatic rings. The van der Waals surface area contributed by atoms with Crippen LogP contribution in [0, 0.1) is 13.8 Å². The average molecular weight is 323 g/mol. The van der Waals surface area contributed by atoms with Gasteiger partial charge in [0.2, 0.25) is 5.13 Å². The molecule has 0 aliphatic carbocycles. The summed E-state index contributed by atoms with van der Waals surface area (Å²) in [7, 11) is 0. The van der Waals surface area contributed by atoms with E-state index in [2.05, 4.69) is 15.5 Å². The molecule has 0 aliphatic heterocycles. The molecule has 2 N–H and O–H groups in total. The van der Waals surface area contributed by atoms with Crippen LogP contribution >= 0.6 is 11.3 Å². The van der Waals surface area contributed by atoms with Gasteiger partial charge in [0.25, 0.3) is 0 Å². The molecule has 0 saturated carbocycles. The lowest BCUT2D eigenvalue weighted by Crippen LogP contribution is -1.92. The van der Waals surface area contributed by atoms with Gasteiger partial charge < -0.3 is 5.11 Å². The molecule has 0 saturated heterocycles. The number of rotatable bonds is 4. The van der Waals surface area contributed by atoms with Crippen molar-refractivity contribution in [1.29, 1.82) is 0 Å². The fourth-order valence-electron chi connectivity index (χ4n) is 2.29. The van der Waals surface area contributed by atoms with Crippen LogP contribution in [0.3, 0.4) is 0 Å². The topological polar surface area (TPSA) is 57.5 Å². The monoisotopic (exact) mass is 323 g/mol. The Balaban J connectivity index is 1.70. The smallest absolute Gasteiger partial charge is 0.203 e. The number of aromatic hydroxyl groups is 1. The first-order chi connectivity index (χ1) is 11.1. The van der Waals surface area contributed by atoms with Crippen molar-refractivity contribution in [3.8, 4) is 17.0 Å². The van der Waals surface area contributed by atoms with E-state index in [0.717, 1.165) is 33.1 Å². The van der Waals surface area contributed by atoms with E-state index in [0.29, 0.717) is 5.75 Å². The van der Waals surface area contributed by atoms with Gasteiger partial charge >= 0.3 is 0 Å². The quantitative estimate of drug-likeness (QED) is 0.546. The Kier molecular flexibility index (Phi) is 4.39. The zero-order valence-corrected chi connectivity index (χ0v) is 13.8. The molecule has 0 aliphatic rings. The maximum absolute atomic E-state index is 9.78. The lowest BCUT2D eigenvalue weighted by Gasteiger charge is -2.04. The third-order valence-electron chi connectivity index (χ3n) is 3.46. The van der Waals surface area contributed by atoms with Crippen molar-refractivity contribution >= 4 is 22.7 Å². The predicted octanol–water partition coefficient (Wildman–Crippen LogP) is 4.58. The van der Waals surface area contributed by atoms with Crippen LogP contribution in [0.4, 0.5) is 5.13 Å². The molecule has 116 valence electrons. The number of phenolic OH excluding ortho intramolecular Hbond substituents is 1. The van der Waals surface area contributed by atoms with Crippen molar-refractivity contribution in [1.82, 2.24) is 4.98 Å². The number of thiazole rings is 1. The van der Waals surface area contributed by atoms with Crippen molar-refractivity contribution in [3.05, 3.63) is 64.5 Å². The molecular weight excluding hydrogens is 306 g/mol. The number of aryl methyl sites for hydroxylation is 2. The minimum atomic E-state index is 0.336. The molecule has 0 amide bonds. The predicted molar refractivity (Wildman–Crippen MR) is 96.3 cm³/mol. The number of hydrogen-bond donors (Lipinski definition) is 2. The lowest BCUT2D eigenvalue weighted by atomic mass is 10.1. The molecule has 23 heavy (non-hydrogen) atoms.